The third-order valence-corrected chi connectivity index (χ3v) is 4.81. The van der Waals surface area contributed by atoms with E-state index in [9.17, 15) is 16.8 Å². The van der Waals surface area contributed by atoms with E-state index in [0.717, 1.165) is 11.8 Å². The molecule has 1 aromatic rings. The van der Waals surface area contributed by atoms with Gasteiger partial charge >= 0.3 is 0 Å². The van der Waals surface area contributed by atoms with Crippen LogP contribution in [0.25, 0.3) is 0 Å². The molecule has 0 bridgehead atoms. The minimum atomic E-state index is -3.27. The van der Waals surface area contributed by atoms with E-state index in [1.807, 2.05) is 6.92 Å². The van der Waals surface area contributed by atoms with Gasteiger partial charge in [-0.05, 0) is 31.5 Å². The van der Waals surface area contributed by atoms with Gasteiger partial charge in [0.25, 0.3) is 0 Å². The second-order valence-electron chi connectivity index (χ2n) is 4.89. The number of anilines is 1. The lowest BCUT2D eigenvalue weighted by Gasteiger charge is -2.17. The van der Waals surface area contributed by atoms with Crippen molar-refractivity contribution in [2.75, 3.05) is 23.6 Å². The zero-order valence-corrected chi connectivity index (χ0v) is 13.1. The smallest absolute Gasteiger partial charge is 0.175 e. The number of hydrogen-bond acceptors (Lipinski definition) is 5. The Bertz CT molecular complexity index is 663. The molecular weight excluding hydrogens is 286 g/mol. The summed E-state index contributed by atoms with van der Waals surface area (Å²) in [4.78, 5) is 0.215. The van der Waals surface area contributed by atoms with E-state index in [-0.39, 0.29) is 16.7 Å². The van der Waals surface area contributed by atoms with Gasteiger partial charge in [-0.2, -0.15) is 0 Å². The molecule has 1 rings (SSSR count). The lowest BCUT2D eigenvalue weighted by Crippen LogP contribution is -2.25. The van der Waals surface area contributed by atoms with Crippen LogP contribution in [0.2, 0.25) is 0 Å². The van der Waals surface area contributed by atoms with E-state index in [1.54, 1.807) is 13.0 Å². The van der Waals surface area contributed by atoms with Gasteiger partial charge in [-0.15, -0.1) is 0 Å². The maximum atomic E-state index is 11.5. The Hall–Kier alpha value is -1.08. The summed E-state index contributed by atoms with van der Waals surface area (Å²) in [5.41, 5.74) is 1.51. The van der Waals surface area contributed by atoms with Crippen molar-refractivity contribution >= 4 is 25.4 Å². The second-order valence-corrected chi connectivity index (χ2v) is 9.09. The number of hydrogen-bond donors (Lipinski definition) is 1. The summed E-state index contributed by atoms with van der Waals surface area (Å²) in [6.07, 6.45) is 2.31. The van der Waals surface area contributed by atoms with Gasteiger partial charge in [-0.25, -0.2) is 16.8 Å². The molecule has 0 radical (unpaired) electrons. The van der Waals surface area contributed by atoms with Gasteiger partial charge in [0, 0.05) is 24.2 Å². The average Bonchev–Trinajstić information content (AvgIpc) is 2.16. The molecule has 19 heavy (non-hydrogen) atoms. The van der Waals surface area contributed by atoms with E-state index < -0.39 is 19.7 Å². The minimum Gasteiger partial charge on any atom is -0.381 e. The van der Waals surface area contributed by atoms with Crippen molar-refractivity contribution in [3.05, 3.63) is 23.8 Å². The third kappa shape index (κ3) is 5.20. The SMILES string of the molecule is Cc1ccc(S(C)(=O)=O)cc1NC(C)CS(C)(=O)=O. The molecule has 0 aromatic heterocycles. The Balaban J connectivity index is 3.01. The summed E-state index contributed by atoms with van der Waals surface area (Å²) in [6, 6.07) is 4.48. The highest BCUT2D eigenvalue weighted by atomic mass is 32.2. The summed E-state index contributed by atoms with van der Waals surface area (Å²) in [5, 5.41) is 3.04. The summed E-state index contributed by atoms with van der Waals surface area (Å²) >= 11 is 0. The minimum absolute atomic E-state index is 0.00442. The molecular formula is C12H19NO4S2. The van der Waals surface area contributed by atoms with Crippen molar-refractivity contribution in [2.45, 2.75) is 24.8 Å². The van der Waals surface area contributed by atoms with E-state index >= 15 is 0 Å². The maximum Gasteiger partial charge on any atom is 0.175 e. The summed E-state index contributed by atoms with van der Waals surface area (Å²) in [5.74, 6) is -0.00442. The largest absolute Gasteiger partial charge is 0.381 e. The number of sulfone groups is 2. The molecule has 1 N–H and O–H groups in total. The standard InChI is InChI=1S/C12H19NO4S2/c1-9-5-6-11(19(4,16)17)7-12(9)13-10(2)8-18(3,14)15/h5-7,10,13H,8H2,1-4H3. The number of aryl methyl sites for hydroxylation is 1. The van der Waals surface area contributed by atoms with Gasteiger partial charge in [0.1, 0.15) is 9.84 Å². The molecule has 0 aliphatic heterocycles. The fourth-order valence-electron chi connectivity index (χ4n) is 1.75. The summed E-state index contributed by atoms with van der Waals surface area (Å²) in [6.45, 7) is 3.58. The highest BCUT2D eigenvalue weighted by Crippen LogP contribution is 2.21. The highest BCUT2D eigenvalue weighted by Gasteiger charge is 2.13. The predicted octanol–water partition coefficient (Wildman–Crippen LogP) is 1.24. The van der Waals surface area contributed by atoms with Crippen LogP contribution >= 0.6 is 0 Å². The Kier molecular flexibility index (Phi) is 4.63. The molecule has 7 heteroatoms. The normalized spacial score (nSPS) is 14.1. The fraction of sp³-hybridized carbons (Fsp3) is 0.500. The van der Waals surface area contributed by atoms with Crippen LogP contribution in [-0.2, 0) is 19.7 Å². The zero-order chi connectivity index (χ0) is 14.8. The molecule has 0 amide bonds. The number of benzene rings is 1. The maximum absolute atomic E-state index is 11.5. The molecule has 1 unspecified atom stereocenters. The highest BCUT2D eigenvalue weighted by molar-refractivity contribution is 7.91. The van der Waals surface area contributed by atoms with Gasteiger partial charge in [-0.1, -0.05) is 6.07 Å². The van der Waals surface area contributed by atoms with Crippen LogP contribution in [0.4, 0.5) is 5.69 Å². The van der Waals surface area contributed by atoms with Crippen LogP contribution in [0, 0.1) is 6.92 Å². The van der Waals surface area contributed by atoms with Crippen molar-refractivity contribution in [1.82, 2.24) is 0 Å². The van der Waals surface area contributed by atoms with Crippen molar-refractivity contribution < 1.29 is 16.8 Å². The topological polar surface area (TPSA) is 80.3 Å². The second kappa shape index (κ2) is 5.50. The predicted molar refractivity (Wildman–Crippen MR) is 77.1 cm³/mol. The van der Waals surface area contributed by atoms with E-state index in [4.69, 9.17) is 0 Å². The molecule has 0 heterocycles. The molecule has 0 spiro atoms. The summed E-state index contributed by atoms with van der Waals surface area (Å²) < 4.78 is 45.4. The first-order valence-electron chi connectivity index (χ1n) is 5.74. The third-order valence-electron chi connectivity index (χ3n) is 2.59. The molecule has 1 atom stereocenters. The number of nitrogens with one attached hydrogen (secondary N) is 1. The van der Waals surface area contributed by atoms with Crippen LogP contribution < -0.4 is 5.32 Å². The Morgan fingerprint density at radius 1 is 1.16 bits per heavy atom. The van der Waals surface area contributed by atoms with Crippen LogP contribution in [0.15, 0.2) is 23.1 Å². The molecule has 108 valence electrons. The van der Waals surface area contributed by atoms with Gasteiger partial charge < -0.3 is 5.32 Å². The first-order chi connectivity index (χ1) is 8.49. The monoisotopic (exact) mass is 305 g/mol. The zero-order valence-electron chi connectivity index (χ0n) is 11.5. The van der Waals surface area contributed by atoms with Crippen LogP contribution in [-0.4, -0.2) is 41.1 Å². The quantitative estimate of drug-likeness (QED) is 0.885. The molecule has 0 aliphatic rings. The number of rotatable bonds is 5. The molecule has 0 saturated heterocycles. The molecule has 0 saturated carbocycles. The van der Waals surface area contributed by atoms with Crippen LogP contribution in [0.3, 0.4) is 0 Å². The first-order valence-corrected chi connectivity index (χ1v) is 9.69. The molecule has 0 fully saturated rings. The lowest BCUT2D eigenvalue weighted by atomic mass is 10.2. The van der Waals surface area contributed by atoms with Gasteiger partial charge in [0.2, 0.25) is 0 Å². The van der Waals surface area contributed by atoms with Gasteiger partial charge in [-0.3, -0.25) is 0 Å². The summed E-state index contributed by atoms with van der Waals surface area (Å²) in [7, 11) is -6.35. The van der Waals surface area contributed by atoms with Gasteiger partial charge in [0.05, 0.1) is 10.6 Å². The molecule has 1 aromatic carbocycles. The van der Waals surface area contributed by atoms with Crippen molar-refractivity contribution in [2.24, 2.45) is 0 Å². The lowest BCUT2D eigenvalue weighted by molar-refractivity contribution is 0.596. The Morgan fingerprint density at radius 3 is 2.21 bits per heavy atom. The van der Waals surface area contributed by atoms with E-state index in [0.29, 0.717) is 5.69 Å². The molecule has 0 aliphatic carbocycles. The van der Waals surface area contributed by atoms with E-state index in [2.05, 4.69) is 5.32 Å². The molecule has 5 nitrogen and oxygen atoms in total. The van der Waals surface area contributed by atoms with Crippen molar-refractivity contribution in [3.63, 3.8) is 0 Å². The van der Waals surface area contributed by atoms with Crippen LogP contribution in [0.1, 0.15) is 12.5 Å². The van der Waals surface area contributed by atoms with Crippen molar-refractivity contribution in [3.8, 4) is 0 Å². The van der Waals surface area contributed by atoms with Gasteiger partial charge in [0.15, 0.2) is 9.84 Å². The van der Waals surface area contributed by atoms with Crippen LogP contribution in [0.5, 0.6) is 0 Å². The first kappa shape index (κ1) is 16.0. The Morgan fingerprint density at radius 2 is 1.74 bits per heavy atom. The van der Waals surface area contributed by atoms with E-state index in [1.165, 1.54) is 18.4 Å². The van der Waals surface area contributed by atoms with Crippen molar-refractivity contribution in [1.29, 1.82) is 0 Å². The fourth-order valence-corrected chi connectivity index (χ4v) is 3.39. The Labute approximate surface area is 114 Å². The average molecular weight is 305 g/mol.